The van der Waals surface area contributed by atoms with Crippen molar-refractivity contribution in [3.63, 3.8) is 0 Å². The lowest BCUT2D eigenvalue weighted by Crippen LogP contribution is -2.29. The first-order valence-electron chi connectivity index (χ1n) is 7.28. The van der Waals surface area contributed by atoms with Crippen LogP contribution in [0.4, 0.5) is 0 Å². The van der Waals surface area contributed by atoms with Gasteiger partial charge in [0.25, 0.3) is 0 Å². The summed E-state index contributed by atoms with van der Waals surface area (Å²) in [5, 5.41) is 9.12. The Morgan fingerprint density at radius 1 is 1.11 bits per heavy atom. The highest BCUT2D eigenvalue weighted by atomic mass is 16.4. The number of rotatable bonds is 6. The third-order valence-corrected chi connectivity index (χ3v) is 2.97. The highest BCUT2D eigenvalue weighted by molar-refractivity contribution is 5.73. The molecule has 0 fully saturated rings. The summed E-state index contributed by atoms with van der Waals surface area (Å²) in [5.74, 6) is 1.33. The molecule has 1 N–H and O–H groups in total. The summed E-state index contributed by atoms with van der Waals surface area (Å²) in [6, 6.07) is 0. The molecule has 110 valence electrons. The lowest BCUT2D eigenvalue weighted by atomic mass is 9.77. The molecule has 0 rings (SSSR count). The van der Waals surface area contributed by atoms with E-state index in [1.807, 2.05) is 13.8 Å². The molecule has 1 unspecified atom stereocenters. The Hall–Kier alpha value is -0.530. The van der Waals surface area contributed by atoms with E-state index in [-0.39, 0.29) is 0 Å². The first-order valence-corrected chi connectivity index (χ1v) is 7.28. The maximum Gasteiger partial charge on any atom is 0.309 e. The van der Waals surface area contributed by atoms with Gasteiger partial charge in [0.15, 0.2) is 0 Å². The summed E-state index contributed by atoms with van der Waals surface area (Å²) >= 11 is 0. The Bertz CT molecular complexity index is 218. The molecule has 0 spiro atoms. The van der Waals surface area contributed by atoms with Crippen LogP contribution in [-0.4, -0.2) is 11.1 Å². The van der Waals surface area contributed by atoms with Crippen LogP contribution >= 0.6 is 0 Å². The minimum absolute atomic E-state index is 0.496. The summed E-state index contributed by atoms with van der Waals surface area (Å²) in [6.07, 6.45) is 2.62. The van der Waals surface area contributed by atoms with E-state index >= 15 is 0 Å². The van der Waals surface area contributed by atoms with Crippen molar-refractivity contribution in [3.05, 3.63) is 0 Å². The second kappa shape index (κ2) is 9.41. The molecule has 0 saturated heterocycles. The molecule has 0 radical (unpaired) electrons. The zero-order chi connectivity index (χ0) is 14.9. The summed E-state index contributed by atoms with van der Waals surface area (Å²) in [7, 11) is 0. The van der Waals surface area contributed by atoms with E-state index in [1.54, 1.807) is 0 Å². The lowest BCUT2D eigenvalue weighted by molar-refractivity contribution is -0.149. The van der Waals surface area contributed by atoms with Crippen LogP contribution in [0.25, 0.3) is 0 Å². The number of aliphatic carboxylic acids is 1. The second-order valence-electron chi connectivity index (χ2n) is 6.89. The highest BCUT2D eigenvalue weighted by Crippen LogP contribution is 2.32. The van der Waals surface area contributed by atoms with E-state index in [0.717, 1.165) is 18.8 Å². The van der Waals surface area contributed by atoms with Crippen LogP contribution in [0.15, 0.2) is 0 Å². The molecule has 0 heterocycles. The van der Waals surface area contributed by atoms with Crippen LogP contribution in [-0.2, 0) is 4.79 Å². The van der Waals surface area contributed by atoms with Gasteiger partial charge in [0.2, 0.25) is 0 Å². The van der Waals surface area contributed by atoms with Gasteiger partial charge in [0.1, 0.15) is 0 Å². The van der Waals surface area contributed by atoms with Crippen molar-refractivity contribution < 1.29 is 9.90 Å². The van der Waals surface area contributed by atoms with Crippen molar-refractivity contribution in [3.8, 4) is 0 Å². The number of carbonyl (C=O) groups is 1. The molecule has 0 saturated carbocycles. The molecule has 0 aliphatic heterocycles. The summed E-state index contributed by atoms with van der Waals surface area (Å²) in [4.78, 5) is 11.1. The Morgan fingerprint density at radius 2 is 1.50 bits per heavy atom. The molecule has 0 aliphatic rings. The molecule has 0 aromatic heterocycles. The van der Waals surface area contributed by atoms with Gasteiger partial charge in [-0.05, 0) is 43.9 Å². The van der Waals surface area contributed by atoms with E-state index < -0.39 is 11.4 Å². The molecular weight excluding hydrogens is 224 g/mol. The van der Waals surface area contributed by atoms with Crippen molar-refractivity contribution in [1.29, 1.82) is 0 Å². The van der Waals surface area contributed by atoms with E-state index in [0.29, 0.717) is 18.3 Å². The lowest BCUT2D eigenvalue weighted by Gasteiger charge is -2.27. The third-order valence-electron chi connectivity index (χ3n) is 2.97. The number of hydrogen-bond donors (Lipinski definition) is 1. The smallest absolute Gasteiger partial charge is 0.309 e. The van der Waals surface area contributed by atoms with Crippen molar-refractivity contribution in [2.45, 2.75) is 74.7 Å². The summed E-state index contributed by atoms with van der Waals surface area (Å²) < 4.78 is 0. The molecule has 0 aliphatic carbocycles. The van der Waals surface area contributed by atoms with Gasteiger partial charge >= 0.3 is 5.97 Å². The zero-order valence-electron chi connectivity index (χ0n) is 13.7. The molecule has 0 aromatic carbocycles. The first kappa shape index (κ1) is 19.8. The quantitative estimate of drug-likeness (QED) is 0.709. The fourth-order valence-electron chi connectivity index (χ4n) is 2.04. The van der Waals surface area contributed by atoms with Crippen LogP contribution in [0, 0.1) is 23.2 Å². The first-order chi connectivity index (χ1) is 8.05. The molecule has 0 aromatic rings. The third kappa shape index (κ3) is 10.6. The maximum atomic E-state index is 11.1. The zero-order valence-corrected chi connectivity index (χ0v) is 13.7. The van der Waals surface area contributed by atoms with E-state index in [1.165, 1.54) is 0 Å². The highest BCUT2D eigenvalue weighted by Gasteiger charge is 2.32. The normalized spacial score (nSPS) is 15.9. The SMILES string of the molecule is CC(C)C.CC[C@@](C)(CC(C)CC(C)C)C(=O)O. The fourth-order valence-corrected chi connectivity index (χ4v) is 2.04. The van der Waals surface area contributed by atoms with Crippen LogP contribution in [0.5, 0.6) is 0 Å². The Balaban J connectivity index is 0. The van der Waals surface area contributed by atoms with Crippen LogP contribution < -0.4 is 0 Å². The Labute approximate surface area is 114 Å². The molecule has 2 atom stereocenters. The van der Waals surface area contributed by atoms with Gasteiger partial charge in [-0.1, -0.05) is 48.5 Å². The largest absolute Gasteiger partial charge is 0.481 e. The number of hydrogen-bond acceptors (Lipinski definition) is 1. The van der Waals surface area contributed by atoms with Gasteiger partial charge in [0.05, 0.1) is 5.41 Å². The van der Waals surface area contributed by atoms with Gasteiger partial charge in [0, 0.05) is 0 Å². The minimum atomic E-state index is -0.657. The average Bonchev–Trinajstić information content (AvgIpc) is 2.14. The van der Waals surface area contributed by atoms with Gasteiger partial charge in [-0.2, -0.15) is 0 Å². The predicted molar refractivity (Wildman–Crippen MR) is 79.8 cm³/mol. The standard InChI is InChI=1S/C12H24O2.C4H10/c1-6-12(5,11(13)14)8-10(4)7-9(2)3;1-4(2)3/h9-10H,6-8H2,1-5H3,(H,13,14);4H,1-3H3/t10?,12-;/m0./s1. The Kier molecular flexibility index (Phi) is 10.3. The monoisotopic (exact) mass is 258 g/mol. The molecule has 2 heteroatoms. The summed E-state index contributed by atoms with van der Waals surface area (Å²) in [5.41, 5.74) is -0.533. The van der Waals surface area contributed by atoms with E-state index in [4.69, 9.17) is 5.11 Å². The molecule has 18 heavy (non-hydrogen) atoms. The van der Waals surface area contributed by atoms with Crippen LogP contribution in [0.3, 0.4) is 0 Å². The second-order valence-corrected chi connectivity index (χ2v) is 6.89. The Morgan fingerprint density at radius 3 is 1.72 bits per heavy atom. The maximum absolute atomic E-state index is 11.1. The van der Waals surface area contributed by atoms with Gasteiger partial charge < -0.3 is 5.11 Å². The topological polar surface area (TPSA) is 37.3 Å². The van der Waals surface area contributed by atoms with Crippen molar-refractivity contribution in [2.75, 3.05) is 0 Å². The van der Waals surface area contributed by atoms with Gasteiger partial charge in [-0.25, -0.2) is 0 Å². The molecule has 0 amide bonds. The average molecular weight is 258 g/mol. The number of carboxylic acids is 1. The van der Waals surface area contributed by atoms with Crippen molar-refractivity contribution in [2.24, 2.45) is 23.2 Å². The van der Waals surface area contributed by atoms with Gasteiger partial charge in [-0.3, -0.25) is 4.79 Å². The van der Waals surface area contributed by atoms with Crippen molar-refractivity contribution in [1.82, 2.24) is 0 Å². The predicted octanol–water partition coefficient (Wildman–Crippen LogP) is 5.22. The number of carboxylic acid groups (broad SMARTS) is 1. The molecule has 0 bridgehead atoms. The van der Waals surface area contributed by atoms with Crippen molar-refractivity contribution >= 4 is 5.97 Å². The van der Waals surface area contributed by atoms with E-state index in [9.17, 15) is 4.79 Å². The van der Waals surface area contributed by atoms with Crippen LogP contribution in [0.1, 0.15) is 74.7 Å². The van der Waals surface area contributed by atoms with E-state index in [2.05, 4.69) is 41.5 Å². The van der Waals surface area contributed by atoms with Gasteiger partial charge in [-0.15, -0.1) is 0 Å². The summed E-state index contributed by atoms with van der Waals surface area (Å²) in [6.45, 7) is 16.8. The fraction of sp³-hybridized carbons (Fsp3) is 0.938. The minimum Gasteiger partial charge on any atom is -0.481 e. The molecule has 2 nitrogen and oxygen atoms in total. The molecular formula is C16H34O2. The van der Waals surface area contributed by atoms with Crippen LogP contribution in [0.2, 0.25) is 0 Å².